The van der Waals surface area contributed by atoms with Crippen molar-refractivity contribution in [3.63, 3.8) is 0 Å². The molecule has 0 bridgehead atoms. The molecule has 1 aliphatic carbocycles. The second kappa shape index (κ2) is 5.81. The lowest BCUT2D eigenvalue weighted by molar-refractivity contribution is -0.141. The molecule has 0 unspecified atom stereocenters. The zero-order valence-corrected chi connectivity index (χ0v) is 13.1. The molecule has 1 saturated heterocycles. The minimum absolute atomic E-state index is 0.0175. The van der Waals surface area contributed by atoms with Gasteiger partial charge >= 0.3 is 5.97 Å². The number of furan rings is 1. The van der Waals surface area contributed by atoms with Crippen LogP contribution in [0.1, 0.15) is 42.6 Å². The van der Waals surface area contributed by atoms with Gasteiger partial charge in [-0.15, -0.1) is 0 Å². The number of amides is 1. The predicted octanol–water partition coefficient (Wildman–Crippen LogP) is 2.79. The van der Waals surface area contributed by atoms with Crippen LogP contribution in [0.5, 0.6) is 0 Å². The van der Waals surface area contributed by atoms with E-state index in [4.69, 9.17) is 8.94 Å². The molecule has 7 nitrogen and oxygen atoms in total. The molecule has 1 amide bonds. The van der Waals surface area contributed by atoms with E-state index in [0.29, 0.717) is 17.9 Å². The molecule has 126 valence electrons. The maximum atomic E-state index is 12.9. The molecule has 0 spiro atoms. The van der Waals surface area contributed by atoms with Gasteiger partial charge in [0, 0.05) is 12.1 Å². The number of carbonyl (C=O) groups excluding carboxylic acids is 1. The Balaban J connectivity index is 1.63. The van der Waals surface area contributed by atoms with Crippen molar-refractivity contribution in [2.24, 2.45) is 5.92 Å². The summed E-state index contributed by atoms with van der Waals surface area (Å²) in [4.78, 5) is 26.0. The molecule has 3 atom stereocenters. The third kappa shape index (κ3) is 2.40. The summed E-state index contributed by atoms with van der Waals surface area (Å²) < 4.78 is 10.4. The maximum absolute atomic E-state index is 12.9. The van der Waals surface area contributed by atoms with E-state index in [1.54, 1.807) is 12.1 Å². The smallest absolute Gasteiger partial charge is 0.326 e. The van der Waals surface area contributed by atoms with E-state index in [1.807, 2.05) is 0 Å². The van der Waals surface area contributed by atoms with Gasteiger partial charge in [-0.3, -0.25) is 4.79 Å². The Labute approximate surface area is 138 Å². The SMILES string of the molecule is O=C(O)[C@@H]1C[C@H]2CCCC[C@H]2N1C(=O)c1cc(-c2ccco2)on1. The van der Waals surface area contributed by atoms with Crippen molar-refractivity contribution in [1.82, 2.24) is 10.1 Å². The molecule has 24 heavy (non-hydrogen) atoms. The van der Waals surface area contributed by atoms with Gasteiger partial charge in [0.1, 0.15) is 6.04 Å². The van der Waals surface area contributed by atoms with E-state index in [2.05, 4.69) is 5.16 Å². The fourth-order valence-corrected chi connectivity index (χ4v) is 4.02. The van der Waals surface area contributed by atoms with Crippen molar-refractivity contribution in [3.8, 4) is 11.5 Å². The molecular formula is C17H18N2O5. The van der Waals surface area contributed by atoms with E-state index in [9.17, 15) is 14.7 Å². The molecule has 2 fully saturated rings. The van der Waals surface area contributed by atoms with E-state index in [1.165, 1.54) is 17.2 Å². The molecule has 2 aromatic rings. The largest absolute Gasteiger partial charge is 0.480 e. The summed E-state index contributed by atoms with van der Waals surface area (Å²) in [7, 11) is 0. The third-order valence-electron chi connectivity index (χ3n) is 5.10. The molecule has 1 aliphatic heterocycles. The van der Waals surface area contributed by atoms with Crippen LogP contribution >= 0.6 is 0 Å². The number of carboxylic acid groups (broad SMARTS) is 1. The lowest BCUT2D eigenvalue weighted by Crippen LogP contribution is -2.46. The summed E-state index contributed by atoms with van der Waals surface area (Å²) in [6.07, 6.45) is 5.98. The minimum atomic E-state index is -0.951. The molecule has 2 aliphatic rings. The number of likely N-dealkylation sites (tertiary alicyclic amines) is 1. The zero-order valence-electron chi connectivity index (χ0n) is 13.1. The van der Waals surface area contributed by atoms with E-state index >= 15 is 0 Å². The lowest BCUT2D eigenvalue weighted by Gasteiger charge is -2.32. The van der Waals surface area contributed by atoms with Crippen molar-refractivity contribution in [1.29, 1.82) is 0 Å². The number of carbonyl (C=O) groups is 2. The number of aliphatic carboxylic acids is 1. The van der Waals surface area contributed by atoms with Gasteiger partial charge < -0.3 is 18.9 Å². The van der Waals surface area contributed by atoms with Crippen LogP contribution in [0.25, 0.3) is 11.5 Å². The highest BCUT2D eigenvalue weighted by Gasteiger charge is 2.48. The molecule has 0 radical (unpaired) electrons. The first kappa shape index (κ1) is 15.0. The van der Waals surface area contributed by atoms with Gasteiger partial charge in [-0.1, -0.05) is 18.0 Å². The molecule has 4 rings (SSSR count). The standard InChI is InChI=1S/C17H18N2O5/c20-16(11-9-15(24-18-11)14-6-3-7-23-14)19-12-5-2-1-4-10(12)8-13(19)17(21)22/h3,6-7,9-10,12-13H,1-2,4-5,8H2,(H,21,22)/t10-,12-,13+/m1/s1. The second-order valence-corrected chi connectivity index (χ2v) is 6.47. The van der Waals surface area contributed by atoms with Crippen LogP contribution in [0.2, 0.25) is 0 Å². The highest BCUT2D eigenvalue weighted by molar-refractivity contribution is 5.96. The summed E-state index contributed by atoms with van der Waals surface area (Å²) in [5, 5.41) is 13.4. The van der Waals surface area contributed by atoms with Crippen molar-refractivity contribution in [3.05, 3.63) is 30.2 Å². The minimum Gasteiger partial charge on any atom is -0.480 e. The van der Waals surface area contributed by atoms with Crippen molar-refractivity contribution in [2.75, 3.05) is 0 Å². The second-order valence-electron chi connectivity index (χ2n) is 6.47. The van der Waals surface area contributed by atoms with Gasteiger partial charge in [-0.05, 0) is 37.3 Å². The average Bonchev–Trinajstić information content (AvgIpc) is 3.31. The number of carboxylic acids is 1. The van der Waals surface area contributed by atoms with Crippen molar-refractivity contribution >= 4 is 11.9 Å². The van der Waals surface area contributed by atoms with E-state index in [-0.39, 0.29) is 23.6 Å². The van der Waals surface area contributed by atoms with E-state index in [0.717, 1.165) is 25.7 Å². The van der Waals surface area contributed by atoms with Crippen LogP contribution < -0.4 is 0 Å². The lowest BCUT2D eigenvalue weighted by atomic mass is 9.84. The Hall–Kier alpha value is -2.57. The molecular weight excluding hydrogens is 312 g/mol. The summed E-state index contributed by atoms with van der Waals surface area (Å²) in [5.41, 5.74) is 0.124. The number of nitrogens with zero attached hydrogens (tertiary/aromatic N) is 2. The molecule has 3 heterocycles. The van der Waals surface area contributed by atoms with Gasteiger partial charge in [0.25, 0.3) is 5.91 Å². The first-order valence-corrected chi connectivity index (χ1v) is 8.21. The van der Waals surface area contributed by atoms with Crippen LogP contribution in [-0.2, 0) is 4.79 Å². The monoisotopic (exact) mass is 330 g/mol. The summed E-state index contributed by atoms with van der Waals surface area (Å²) in [6, 6.07) is 4.14. The average molecular weight is 330 g/mol. The van der Waals surface area contributed by atoms with Crippen molar-refractivity contribution < 1.29 is 23.6 Å². The number of rotatable bonds is 3. The van der Waals surface area contributed by atoms with Crippen LogP contribution in [0, 0.1) is 5.92 Å². The highest BCUT2D eigenvalue weighted by Crippen LogP contribution is 2.40. The molecule has 7 heteroatoms. The molecule has 0 aromatic carbocycles. The predicted molar refractivity (Wildman–Crippen MR) is 82.2 cm³/mol. The van der Waals surface area contributed by atoms with Crippen LogP contribution in [0.3, 0.4) is 0 Å². The quantitative estimate of drug-likeness (QED) is 0.929. The Bertz CT molecular complexity index is 751. The summed E-state index contributed by atoms with van der Waals surface area (Å²) in [5.74, 6) is -0.228. The third-order valence-corrected chi connectivity index (χ3v) is 5.10. The van der Waals surface area contributed by atoms with Gasteiger partial charge in [-0.25, -0.2) is 4.79 Å². The fraction of sp³-hybridized carbons (Fsp3) is 0.471. The van der Waals surface area contributed by atoms with E-state index < -0.39 is 12.0 Å². The molecule has 2 aromatic heterocycles. The fourth-order valence-electron chi connectivity index (χ4n) is 4.02. The topological polar surface area (TPSA) is 96.8 Å². The summed E-state index contributed by atoms with van der Waals surface area (Å²) >= 11 is 0. The first-order chi connectivity index (χ1) is 11.6. The Morgan fingerprint density at radius 2 is 2.08 bits per heavy atom. The van der Waals surface area contributed by atoms with Crippen LogP contribution in [-0.4, -0.2) is 39.1 Å². The van der Waals surface area contributed by atoms with Crippen LogP contribution in [0.4, 0.5) is 0 Å². The van der Waals surface area contributed by atoms with Gasteiger partial charge in [0.05, 0.1) is 6.26 Å². The Morgan fingerprint density at radius 3 is 2.83 bits per heavy atom. The van der Waals surface area contributed by atoms with Gasteiger partial charge in [-0.2, -0.15) is 0 Å². The molecule has 1 N–H and O–H groups in total. The number of hydrogen-bond acceptors (Lipinski definition) is 5. The summed E-state index contributed by atoms with van der Waals surface area (Å²) in [6.45, 7) is 0. The van der Waals surface area contributed by atoms with Crippen LogP contribution in [0.15, 0.2) is 33.4 Å². The van der Waals surface area contributed by atoms with Gasteiger partial charge in [0.15, 0.2) is 11.5 Å². The van der Waals surface area contributed by atoms with Crippen molar-refractivity contribution in [2.45, 2.75) is 44.2 Å². The maximum Gasteiger partial charge on any atom is 0.326 e. The zero-order chi connectivity index (χ0) is 16.7. The normalized spacial score (nSPS) is 26.3. The Morgan fingerprint density at radius 1 is 1.25 bits per heavy atom. The number of fused-ring (bicyclic) bond motifs is 1. The molecule has 1 saturated carbocycles. The number of hydrogen-bond donors (Lipinski definition) is 1. The first-order valence-electron chi connectivity index (χ1n) is 8.21. The highest BCUT2D eigenvalue weighted by atomic mass is 16.5. The Kier molecular flexibility index (Phi) is 3.63. The number of aromatic nitrogens is 1. The van der Waals surface area contributed by atoms with Gasteiger partial charge in [0.2, 0.25) is 5.76 Å².